The first kappa shape index (κ1) is 6.91. The Morgan fingerprint density at radius 3 is 3.18 bits per heavy atom. The summed E-state index contributed by atoms with van der Waals surface area (Å²) >= 11 is 1.71. The first-order valence-corrected chi connectivity index (χ1v) is 4.46. The maximum absolute atomic E-state index is 10.4. The van der Waals surface area contributed by atoms with E-state index in [1.54, 1.807) is 11.8 Å². The molecule has 1 aliphatic rings. The first-order chi connectivity index (χ1) is 5.33. The molecular weight excluding hydrogens is 160 g/mol. The molecule has 0 saturated carbocycles. The first-order valence-electron chi connectivity index (χ1n) is 3.48. The van der Waals surface area contributed by atoms with E-state index in [0.717, 1.165) is 29.4 Å². The molecule has 0 N–H and O–H groups in total. The van der Waals surface area contributed by atoms with Gasteiger partial charge in [-0.2, -0.15) is 0 Å². The lowest BCUT2D eigenvalue weighted by atomic mass is 10.4. The highest BCUT2D eigenvalue weighted by Crippen LogP contribution is 2.26. The van der Waals surface area contributed by atoms with Crippen LogP contribution in [0.3, 0.4) is 0 Å². The van der Waals surface area contributed by atoms with Crippen LogP contribution >= 0.6 is 11.8 Å². The Bertz CT molecular complexity index is 306. The van der Waals surface area contributed by atoms with Gasteiger partial charge in [0.15, 0.2) is 11.4 Å². The summed E-state index contributed by atoms with van der Waals surface area (Å²) in [5.74, 6) is 1.09. The van der Waals surface area contributed by atoms with Gasteiger partial charge < -0.3 is 4.57 Å². The Morgan fingerprint density at radius 1 is 1.73 bits per heavy atom. The topological polar surface area (TPSA) is 34.9 Å². The number of aldehydes is 1. The van der Waals surface area contributed by atoms with Crippen molar-refractivity contribution in [3.8, 4) is 0 Å². The number of carbonyl (C=O) groups is 1. The zero-order chi connectivity index (χ0) is 7.84. The average molecular weight is 168 g/mol. The zero-order valence-corrected chi connectivity index (χ0v) is 7.02. The molecule has 0 aliphatic carbocycles. The summed E-state index contributed by atoms with van der Waals surface area (Å²) in [4.78, 5) is 14.6. The SMILES string of the molecule is Cc1c(C=O)nc2n1CCS2. The summed E-state index contributed by atoms with van der Waals surface area (Å²) in [6.45, 7) is 2.93. The molecule has 0 fully saturated rings. The van der Waals surface area contributed by atoms with Crippen LogP contribution < -0.4 is 0 Å². The number of imidazole rings is 1. The van der Waals surface area contributed by atoms with Crippen LogP contribution in [0.25, 0.3) is 0 Å². The van der Waals surface area contributed by atoms with Gasteiger partial charge in [-0.25, -0.2) is 4.98 Å². The van der Waals surface area contributed by atoms with Gasteiger partial charge in [-0.15, -0.1) is 0 Å². The number of aromatic nitrogens is 2. The molecule has 0 aromatic carbocycles. The van der Waals surface area contributed by atoms with E-state index in [1.165, 1.54) is 0 Å². The van der Waals surface area contributed by atoms with Crippen LogP contribution in [0, 0.1) is 6.92 Å². The second-order valence-electron chi connectivity index (χ2n) is 2.48. The van der Waals surface area contributed by atoms with E-state index >= 15 is 0 Å². The lowest BCUT2D eigenvalue weighted by Gasteiger charge is -1.95. The molecule has 0 radical (unpaired) electrons. The molecule has 4 heteroatoms. The lowest BCUT2D eigenvalue weighted by molar-refractivity contribution is 0.111. The van der Waals surface area contributed by atoms with Crippen molar-refractivity contribution in [2.45, 2.75) is 18.6 Å². The van der Waals surface area contributed by atoms with E-state index in [-0.39, 0.29) is 0 Å². The summed E-state index contributed by atoms with van der Waals surface area (Å²) in [5.41, 5.74) is 1.59. The van der Waals surface area contributed by atoms with Gasteiger partial charge in [0.1, 0.15) is 5.69 Å². The largest absolute Gasteiger partial charge is 0.322 e. The third kappa shape index (κ3) is 0.894. The Morgan fingerprint density at radius 2 is 2.55 bits per heavy atom. The van der Waals surface area contributed by atoms with Crippen molar-refractivity contribution >= 4 is 18.0 Å². The molecule has 1 aromatic heterocycles. The molecule has 2 rings (SSSR count). The number of hydrogen-bond acceptors (Lipinski definition) is 3. The van der Waals surface area contributed by atoms with E-state index in [4.69, 9.17) is 0 Å². The zero-order valence-electron chi connectivity index (χ0n) is 6.20. The van der Waals surface area contributed by atoms with Gasteiger partial charge in [-0.1, -0.05) is 11.8 Å². The fourth-order valence-electron chi connectivity index (χ4n) is 1.24. The van der Waals surface area contributed by atoms with E-state index in [0.29, 0.717) is 5.69 Å². The van der Waals surface area contributed by atoms with Crippen molar-refractivity contribution in [1.82, 2.24) is 9.55 Å². The van der Waals surface area contributed by atoms with Crippen LogP contribution in [0.5, 0.6) is 0 Å². The number of nitrogens with zero attached hydrogens (tertiary/aromatic N) is 2. The quantitative estimate of drug-likeness (QED) is 0.589. The van der Waals surface area contributed by atoms with Crippen LogP contribution in [0.15, 0.2) is 5.16 Å². The molecule has 0 bridgehead atoms. The molecule has 0 amide bonds. The predicted molar refractivity (Wildman–Crippen MR) is 43.1 cm³/mol. The minimum atomic E-state index is 0.590. The van der Waals surface area contributed by atoms with E-state index in [1.807, 2.05) is 6.92 Å². The van der Waals surface area contributed by atoms with Crippen LogP contribution in [0.2, 0.25) is 0 Å². The van der Waals surface area contributed by atoms with Crippen LogP contribution in [-0.2, 0) is 6.54 Å². The Hall–Kier alpha value is -0.770. The van der Waals surface area contributed by atoms with Gasteiger partial charge >= 0.3 is 0 Å². The van der Waals surface area contributed by atoms with Gasteiger partial charge in [0.2, 0.25) is 0 Å². The predicted octanol–water partition coefficient (Wildman–Crippen LogP) is 1.11. The van der Waals surface area contributed by atoms with Crippen LogP contribution in [0.4, 0.5) is 0 Å². The van der Waals surface area contributed by atoms with Crippen molar-refractivity contribution in [3.63, 3.8) is 0 Å². The highest BCUT2D eigenvalue weighted by Gasteiger charge is 2.17. The van der Waals surface area contributed by atoms with Crippen molar-refractivity contribution < 1.29 is 4.79 Å². The fraction of sp³-hybridized carbons (Fsp3) is 0.429. The summed E-state index contributed by atoms with van der Waals surface area (Å²) in [6.07, 6.45) is 0.821. The maximum atomic E-state index is 10.4. The van der Waals surface area contributed by atoms with Crippen LogP contribution in [-0.4, -0.2) is 21.6 Å². The summed E-state index contributed by atoms with van der Waals surface area (Å²) in [6, 6.07) is 0. The number of fused-ring (bicyclic) bond motifs is 1. The van der Waals surface area contributed by atoms with Crippen LogP contribution in [0.1, 0.15) is 16.2 Å². The Kier molecular flexibility index (Phi) is 1.49. The lowest BCUT2D eigenvalue weighted by Crippen LogP contribution is -1.96. The van der Waals surface area contributed by atoms with Crippen molar-refractivity contribution in [3.05, 3.63) is 11.4 Å². The number of rotatable bonds is 1. The third-order valence-electron chi connectivity index (χ3n) is 1.88. The maximum Gasteiger partial charge on any atom is 0.170 e. The van der Waals surface area contributed by atoms with Gasteiger partial charge in [0, 0.05) is 18.0 Å². The highest BCUT2D eigenvalue weighted by atomic mass is 32.2. The number of thioether (sulfide) groups is 1. The number of carbonyl (C=O) groups excluding carboxylic acids is 1. The second kappa shape index (κ2) is 2.37. The van der Waals surface area contributed by atoms with Gasteiger partial charge in [-0.05, 0) is 6.92 Å². The van der Waals surface area contributed by atoms with Crippen molar-refractivity contribution in [1.29, 1.82) is 0 Å². The van der Waals surface area contributed by atoms with Crippen molar-refractivity contribution in [2.75, 3.05) is 5.75 Å². The molecular formula is C7H8N2OS. The monoisotopic (exact) mass is 168 g/mol. The van der Waals surface area contributed by atoms with Gasteiger partial charge in [0.25, 0.3) is 0 Å². The second-order valence-corrected chi connectivity index (χ2v) is 3.55. The molecule has 1 aromatic rings. The minimum absolute atomic E-state index is 0.590. The molecule has 0 spiro atoms. The number of hydrogen-bond donors (Lipinski definition) is 0. The molecule has 0 unspecified atom stereocenters. The van der Waals surface area contributed by atoms with Gasteiger partial charge in [0.05, 0.1) is 0 Å². The molecule has 0 saturated heterocycles. The standard InChI is InChI=1S/C7H8N2OS/c1-5-6(4-10)8-7-9(5)2-3-11-7/h4H,2-3H2,1H3. The third-order valence-corrected chi connectivity index (χ3v) is 2.84. The fourth-order valence-corrected chi connectivity index (χ4v) is 2.24. The van der Waals surface area contributed by atoms with E-state index in [9.17, 15) is 4.79 Å². The molecule has 2 heterocycles. The average Bonchev–Trinajstić information content (AvgIpc) is 2.53. The van der Waals surface area contributed by atoms with Crippen molar-refractivity contribution in [2.24, 2.45) is 0 Å². The molecule has 0 atom stereocenters. The smallest absolute Gasteiger partial charge is 0.170 e. The van der Waals surface area contributed by atoms with E-state index in [2.05, 4.69) is 9.55 Å². The normalized spacial score (nSPS) is 15.0. The van der Waals surface area contributed by atoms with E-state index < -0.39 is 0 Å². The summed E-state index contributed by atoms with van der Waals surface area (Å²) < 4.78 is 2.09. The Labute approximate surface area is 68.8 Å². The molecule has 11 heavy (non-hydrogen) atoms. The molecule has 1 aliphatic heterocycles. The van der Waals surface area contributed by atoms with Gasteiger partial charge in [-0.3, -0.25) is 4.79 Å². The highest BCUT2D eigenvalue weighted by molar-refractivity contribution is 7.99. The minimum Gasteiger partial charge on any atom is -0.322 e. The summed E-state index contributed by atoms with van der Waals surface area (Å²) in [7, 11) is 0. The molecule has 58 valence electrons. The molecule has 3 nitrogen and oxygen atoms in total. The Balaban J connectivity index is 2.57. The summed E-state index contributed by atoms with van der Waals surface area (Å²) in [5, 5.41) is 0.990.